The van der Waals surface area contributed by atoms with E-state index in [1.165, 1.54) is 77.0 Å². The van der Waals surface area contributed by atoms with E-state index in [0.717, 1.165) is 23.7 Å². The van der Waals surface area contributed by atoms with E-state index >= 15 is 0 Å². The molecule has 0 heterocycles. The zero-order valence-electron chi connectivity index (χ0n) is 13.2. The summed E-state index contributed by atoms with van der Waals surface area (Å²) in [5.41, 5.74) is 0.257. The van der Waals surface area contributed by atoms with Crippen LogP contribution in [0.3, 0.4) is 0 Å². The Hall–Kier alpha value is -0.530. The van der Waals surface area contributed by atoms with Crippen molar-refractivity contribution in [1.29, 1.82) is 0 Å². The lowest BCUT2D eigenvalue weighted by Crippen LogP contribution is -2.60. The monoisotopic (exact) mass is 287 g/mol. The first-order valence-corrected chi connectivity index (χ1v) is 9.47. The van der Waals surface area contributed by atoms with E-state index in [2.05, 4.69) is 5.32 Å². The minimum atomic E-state index is 0.0534. The van der Waals surface area contributed by atoms with Crippen LogP contribution in [-0.2, 0) is 4.79 Å². The fourth-order valence-electron chi connectivity index (χ4n) is 7.20. The molecule has 1 amide bonds. The van der Waals surface area contributed by atoms with Crippen LogP contribution in [-0.4, -0.2) is 11.4 Å². The van der Waals surface area contributed by atoms with Gasteiger partial charge in [-0.15, -0.1) is 0 Å². The van der Waals surface area contributed by atoms with Gasteiger partial charge in [0.15, 0.2) is 0 Å². The molecule has 0 spiro atoms. The van der Waals surface area contributed by atoms with E-state index in [9.17, 15) is 4.79 Å². The molecule has 0 aromatic carbocycles. The molecule has 7 rings (SSSR count). The minimum Gasteiger partial charge on any atom is -0.350 e. The summed E-state index contributed by atoms with van der Waals surface area (Å²) in [6.45, 7) is 0. The molecule has 7 saturated carbocycles. The highest BCUT2D eigenvalue weighted by molar-refractivity contribution is 5.84. The van der Waals surface area contributed by atoms with Crippen molar-refractivity contribution in [2.45, 2.75) is 82.6 Å². The minimum absolute atomic E-state index is 0.0534. The summed E-state index contributed by atoms with van der Waals surface area (Å²) in [7, 11) is 0. The van der Waals surface area contributed by atoms with Crippen molar-refractivity contribution in [3.8, 4) is 0 Å². The fraction of sp³-hybridized carbons (Fsp3) is 0.947. The molecule has 0 aromatic rings. The van der Waals surface area contributed by atoms with Crippen LogP contribution in [0.15, 0.2) is 0 Å². The summed E-state index contributed by atoms with van der Waals surface area (Å²) in [5, 5.41) is 3.64. The van der Waals surface area contributed by atoms with Crippen molar-refractivity contribution in [3.05, 3.63) is 0 Å². The lowest BCUT2D eigenvalue weighted by molar-refractivity contribution is -0.149. The lowest BCUT2D eigenvalue weighted by atomic mass is 9.49. The number of nitrogens with one attached hydrogen (secondary N) is 1. The third kappa shape index (κ3) is 1.93. The molecule has 2 nitrogen and oxygen atoms in total. The first-order valence-electron chi connectivity index (χ1n) is 9.47. The van der Waals surface area contributed by atoms with Gasteiger partial charge in [-0.2, -0.15) is 0 Å². The van der Waals surface area contributed by atoms with E-state index in [4.69, 9.17) is 0 Å². The van der Waals surface area contributed by atoms with Crippen LogP contribution in [0.2, 0.25) is 0 Å². The van der Waals surface area contributed by atoms with Gasteiger partial charge in [0.2, 0.25) is 5.91 Å². The van der Waals surface area contributed by atoms with Gasteiger partial charge in [0, 0.05) is 11.0 Å². The van der Waals surface area contributed by atoms with Gasteiger partial charge in [0.05, 0.1) is 0 Å². The van der Waals surface area contributed by atoms with Crippen molar-refractivity contribution in [2.75, 3.05) is 0 Å². The van der Waals surface area contributed by atoms with Gasteiger partial charge in [0.1, 0.15) is 0 Å². The maximum absolute atomic E-state index is 13.2. The summed E-state index contributed by atoms with van der Waals surface area (Å²) < 4.78 is 0. The molecule has 0 unspecified atom stereocenters. The summed E-state index contributed by atoms with van der Waals surface area (Å²) in [4.78, 5) is 13.2. The number of carbonyl (C=O) groups is 1. The summed E-state index contributed by atoms with van der Waals surface area (Å²) >= 11 is 0. The Morgan fingerprint density at radius 1 is 0.762 bits per heavy atom. The predicted octanol–water partition coefficient (Wildman–Crippen LogP) is 4.04. The topological polar surface area (TPSA) is 29.1 Å². The highest BCUT2D eigenvalue weighted by atomic mass is 16.2. The van der Waals surface area contributed by atoms with E-state index in [0.29, 0.717) is 5.91 Å². The average Bonchev–Trinajstić information content (AvgIpc) is 2.47. The van der Waals surface area contributed by atoms with Crippen LogP contribution < -0.4 is 5.32 Å². The number of hydrogen-bond acceptors (Lipinski definition) is 1. The zero-order chi connectivity index (χ0) is 14.1. The van der Waals surface area contributed by atoms with Gasteiger partial charge in [-0.3, -0.25) is 4.79 Å². The molecule has 0 aromatic heterocycles. The van der Waals surface area contributed by atoms with Gasteiger partial charge in [-0.1, -0.05) is 0 Å². The van der Waals surface area contributed by atoms with Gasteiger partial charge < -0.3 is 5.32 Å². The molecule has 0 radical (unpaired) electrons. The Kier molecular flexibility index (Phi) is 2.63. The van der Waals surface area contributed by atoms with Crippen LogP contribution >= 0.6 is 0 Å². The number of hydrogen-bond donors (Lipinski definition) is 1. The van der Waals surface area contributed by atoms with E-state index in [-0.39, 0.29) is 11.0 Å². The number of fused-ring (bicyclic) bond motifs is 3. The second kappa shape index (κ2) is 4.26. The van der Waals surface area contributed by atoms with Gasteiger partial charge in [-0.25, -0.2) is 0 Å². The van der Waals surface area contributed by atoms with Crippen LogP contribution in [0.1, 0.15) is 77.0 Å². The van der Waals surface area contributed by atoms with Crippen molar-refractivity contribution in [2.24, 2.45) is 29.1 Å². The van der Waals surface area contributed by atoms with E-state index in [1.54, 1.807) is 0 Å². The van der Waals surface area contributed by atoms with Crippen molar-refractivity contribution in [3.63, 3.8) is 0 Å². The van der Waals surface area contributed by atoms with E-state index in [1.807, 2.05) is 0 Å². The molecule has 2 heteroatoms. The quantitative estimate of drug-likeness (QED) is 0.816. The molecule has 7 aliphatic rings. The first-order chi connectivity index (χ1) is 10.1. The summed E-state index contributed by atoms with van der Waals surface area (Å²) in [6, 6.07) is 0. The summed E-state index contributed by atoms with van der Waals surface area (Å²) in [5.74, 6) is 4.08. The first kappa shape index (κ1) is 13.0. The fourth-order valence-corrected chi connectivity index (χ4v) is 7.20. The Labute approximate surface area is 128 Å². The van der Waals surface area contributed by atoms with Gasteiger partial charge in [-0.05, 0) is 101 Å². The van der Waals surface area contributed by atoms with Crippen molar-refractivity contribution in [1.82, 2.24) is 5.32 Å². The Morgan fingerprint density at radius 2 is 1.24 bits per heavy atom. The third-order valence-corrected chi connectivity index (χ3v) is 7.99. The number of carbonyl (C=O) groups excluding carboxylic acids is 1. The van der Waals surface area contributed by atoms with Crippen LogP contribution in [0, 0.1) is 29.1 Å². The molecule has 1 N–H and O–H groups in total. The molecule has 0 saturated heterocycles. The second-order valence-corrected chi connectivity index (χ2v) is 9.41. The van der Waals surface area contributed by atoms with Crippen molar-refractivity contribution < 1.29 is 4.79 Å². The molecular weight excluding hydrogens is 258 g/mol. The largest absolute Gasteiger partial charge is 0.350 e. The molecule has 7 fully saturated rings. The van der Waals surface area contributed by atoms with Gasteiger partial charge >= 0.3 is 0 Å². The Balaban J connectivity index is 1.36. The molecule has 0 atom stereocenters. The zero-order valence-corrected chi connectivity index (χ0v) is 13.2. The molecular formula is C19H29NO. The lowest BCUT2D eigenvalue weighted by Gasteiger charge is -2.57. The normalized spacial score (nSPS) is 53.9. The maximum atomic E-state index is 13.2. The molecule has 0 aliphatic heterocycles. The average molecular weight is 287 g/mol. The second-order valence-electron chi connectivity index (χ2n) is 9.41. The van der Waals surface area contributed by atoms with E-state index < -0.39 is 0 Å². The number of amides is 1. The van der Waals surface area contributed by atoms with Crippen LogP contribution in [0.25, 0.3) is 0 Å². The van der Waals surface area contributed by atoms with Crippen LogP contribution in [0.5, 0.6) is 0 Å². The third-order valence-electron chi connectivity index (χ3n) is 7.99. The maximum Gasteiger partial charge on any atom is 0.226 e. The van der Waals surface area contributed by atoms with Crippen molar-refractivity contribution >= 4 is 5.91 Å². The smallest absolute Gasteiger partial charge is 0.226 e. The Morgan fingerprint density at radius 3 is 1.71 bits per heavy atom. The SMILES string of the molecule is O=C(NC12CCC(CC1)CC2)C12CC3CC(CC(C3)C1)C2. The van der Waals surface area contributed by atoms with Gasteiger partial charge in [0.25, 0.3) is 0 Å². The highest BCUT2D eigenvalue weighted by Gasteiger charge is 2.56. The summed E-state index contributed by atoms with van der Waals surface area (Å²) in [6.07, 6.45) is 15.8. The standard InChI is InChI=1S/C19H29NO/c21-17(20-19-4-1-13(2-5-19)3-6-19)18-10-14-7-15(11-18)9-16(8-14)12-18/h13-16H,1-12H2,(H,20,21). The van der Waals surface area contributed by atoms with Crippen LogP contribution in [0.4, 0.5) is 0 Å². The molecule has 116 valence electrons. The number of rotatable bonds is 2. The molecule has 6 bridgehead atoms. The Bertz CT molecular complexity index is 411. The molecule has 7 aliphatic carbocycles. The molecule has 21 heavy (non-hydrogen) atoms. The predicted molar refractivity (Wildman–Crippen MR) is 82.7 cm³/mol. The highest BCUT2D eigenvalue weighted by Crippen LogP contribution is 2.60.